The molecule has 1 aliphatic heterocycles. The number of anilines is 2. The lowest BCUT2D eigenvalue weighted by Crippen LogP contribution is -2.47. The van der Waals surface area contributed by atoms with Crippen molar-refractivity contribution in [1.82, 2.24) is 19.9 Å². The van der Waals surface area contributed by atoms with E-state index >= 15 is 0 Å². The molecule has 0 saturated carbocycles. The number of rotatable bonds is 2. The minimum Gasteiger partial charge on any atom is -0.353 e. The third-order valence-corrected chi connectivity index (χ3v) is 4.21. The smallest absolute Gasteiger partial charge is 0.140 e. The van der Waals surface area contributed by atoms with E-state index in [0.29, 0.717) is 0 Å². The molecule has 0 N–H and O–H groups in total. The van der Waals surface area contributed by atoms with Gasteiger partial charge in [0.05, 0.1) is 5.52 Å². The van der Waals surface area contributed by atoms with E-state index in [4.69, 9.17) is 0 Å². The molecule has 6 heteroatoms. The number of fused-ring (bicyclic) bond motifs is 1. The molecule has 4 rings (SSSR count). The topological polar surface area (TPSA) is 58.0 Å². The average molecular weight is 306 g/mol. The second kappa shape index (κ2) is 5.79. The normalized spacial score (nSPS) is 15.2. The SMILES string of the molecule is Cc1cc(N2CCN(c3ncnc4ccccc34)CC2)ncn1. The zero-order chi connectivity index (χ0) is 15.6. The van der Waals surface area contributed by atoms with Crippen LogP contribution < -0.4 is 9.80 Å². The van der Waals surface area contributed by atoms with Crippen molar-refractivity contribution in [2.24, 2.45) is 0 Å². The maximum Gasteiger partial charge on any atom is 0.140 e. The van der Waals surface area contributed by atoms with Crippen molar-refractivity contribution in [3.63, 3.8) is 0 Å². The van der Waals surface area contributed by atoms with Crippen molar-refractivity contribution in [1.29, 1.82) is 0 Å². The fourth-order valence-corrected chi connectivity index (χ4v) is 3.00. The number of hydrogen-bond donors (Lipinski definition) is 0. The molecule has 1 fully saturated rings. The molecule has 1 saturated heterocycles. The lowest BCUT2D eigenvalue weighted by atomic mass is 10.2. The Morgan fingerprint density at radius 3 is 2.39 bits per heavy atom. The molecule has 1 aliphatic rings. The maximum atomic E-state index is 4.51. The Bertz CT molecular complexity index is 821. The molecular weight excluding hydrogens is 288 g/mol. The van der Waals surface area contributed by atoms with E-state index in [1.54, 1.807) is 12.7 Å². The Morgan fingerprint density at radius 2 is 1.57 bits per heavy atom. The minimum absolute atomic E-state index is 0.921. The summed E-state index contributed by atoms with van der Waals surface area (Å²) in [5.74, 6) is 2.03. The lowest BCUT2D eigenvalue weighted by molar-refractivity contribution is 0.642. The maximum absolute atomic E-state index is 4.51. The number of hydrogen-bond acceptors (Lipinski definition) is 6. The van der Waals surface area contributed by atoms with E-state index in [1.807, 2.05) is 31.2 Å². The molecule has 0 bridgehead atoms. The van der Waals surface area contributed by atoms with Crippen LogP contribution in [-0.4, -0.2) is 46.1 Å². The highest BCUT2D eigenvalue weighted by atomic mass is 15.3. The van der Waals surface area contributed by atoms with Crippen molar-refractivity contribution in [3.8, 4) is 0 Å². The van der Waals surface area contributed by atoms with Crippen LogP contribution in [0.3, 0.4) is 0 Å². The molecular formula is C17H18N6. The van der Waals surface area contributed by atoms with Crippen LogP contribution in [-0.2, 0) is 0 Å². The fourth-order valence-electron chi connectivity index (χ4n) is 3.00. The van der Waals surface area contributed by atoms with E-state index in [9.17, 15) is 0 Å². The average Bonchev–Trinajstić information content (AvgIpc) is 2.61. The van der Waals surface area contributed by atoms with Gasteiger partial charge in [-0.05, 0) is 19.1 Å². The van der Waals surface area contributed by atoms with Crippen molar-refractivity contribution in [2.75, 3.05) is 36.0 Å². The van der Waals surface area contributed by atoms with Crippen LogP contribution in [0.4, 0.5) is 11.6 Å². The highest BCUT2D eigenvalue weighted by Gasteiger charge is 2.20. The monoisotopic (exact) mass is 306 g/mol. The number of aromatic nitrogens is 4. The van der Waals surface area contributed by atoms with Crippen molar-refractivity contribution >= 4 is 22.5 Å². The number of aryl methyl sites for hydroxylation is 1. The molecule has 0 amide bonds. The Hall–Kier alpha value is -2.76. The van der Waals surface area contributed by atoms with Crippen LogP contribution in [0.5, 0.6) is 0 Å². The van der Waals surface area contributed by atoms with Crippen LogP contribution in [0, 0.1) is 6.92 Å². The summed E-state index contributed by atoms with van der Waals surface area (Å²) in [5, 5.41) is 1.11. The molecule has 116 valence electrons. The van der Waals surface area contributed by atoms with Crippen LogP contribution in [0.15, 0.2) is 43.0 Å². The summed E-state index contributed by atoms with van der Waals surface area (Å²) in [7, 11) is 0. The van der Waals surface area contributed by atoms with Gasteiger partial charge in [0, 0.05) is 43.3 Å². The molecule has 2 aromatic heterocycles. The van der Waals surface area contributed by atoms with Gasteiger partial charge in [-0.25, -0.2) is 19.9 Å². The van der Waals surface area contributed by atoms with Gasteiger partial charge in [0.25, 0.3) is 0 Å². The van der Waals surface area contributed by atoms with E-state index in [0.717, 1.165) is 54.4 Å². The highest BCUT2D eigenvalue weighted by Crippen LogP contribution is 2.24. The summed E-state index contributed by atoms with van der Waals surface area (Å²) in [5.41, 5.74) is 1.99. The molecule has 1 aromatic carbocycles. The van der Waals surface area contributed by atoms with Crippen molar-refractivity contribution in [3.05, 3.63) is 48.7 Å². The number of para-hydroxylation sites is 1. The first-order valence-corrected chi connectivity index (χ1v) is 7.79. The lowest BCUT2D eigenvalue weighted by Gasteiger charge is -2.36. The predicted octanol–water partition coefficient (Wildman–Crippen LogP) is 2.05. The molecule has 3 heterocycles. The zero-order valence-electron chi connectivity index (χ0n) is 13.1. The number of piperazine rings is 1. The van der Waals surface area contributed by atoms with Gasteiger partial charge < -0.3 is 9.80 Å². The largest absolute Gasteiger partial charge is 0.353 e. The second-order valence-electron chi connectivity index (χ2n) is 5.71. The van der Waals surface area contributed by atoms with E-state index in [2.05, 4.69) is 35.8 Å². The van der Waals surface area contributed by atoms with E-state index in [-0.39, 0.29) is 0 Å². The summed E-state index contributed by atoms with van der Waals surface area (Å²) in [6, 6.07) is 10.2. The van der Waals surface area contributed by atoms with Gasteiger partial charge >= 0.3 is 0 Å². The molecule has 23 heavy (non-hydrogen) atoms. The molecule has 0 aliphatic carbocycles. The summed E-state index contributed by atoms with van der Waals surface area (Å²) < 4.78 is 0. The van der Waals surface area contributed by atoms with Gasteiger partial charge in [-0.1, -0.05) is 12.1 Å². The van der Waals surface area contributed by atoms with Gasteiger partial charge in [-0.15, -0.1) is 0 Å². The summed E-state index contributed by atoms with van der Waals surface area (Å²) in [4.78, 5) is 22.0. The van der Waals surface area contributed by atoms with Gasteiger partial charge in [0.2, 0.25) is 0 Å². The minimum atomic E-state index is 0.921. The first-order valence-electron chi connectivity index (χ1n) is 7.79. The first kappa shape index (κ1) is 13.9. The van der Waals surface area contributed by atoms with Crippen molar-refractivity contribution < 1.29 is 0 Å². The fraction of sp³-hybridized carbons (Fsp3) is 0.294. The van der Waals surface area contributed by atoms with E-state index < -0.39 is 0 Å². The Labute approximate surface area is 134 Å². The van der Waals surface area contributed by atoms with Gasteiger partial charge in [-0.2, -0.15) is 0 Å². The number of nitrogens with zero attached hydrogens (tertiary/aromatic N) is 6. The third kappa shape index (κ3) is 2.67. The Kier molecular flexibility index (Phi) is 3.49. The summed E-state index contributed by atoms with van der Waals surface area (Å²) >= 11 is 0. The molecule has 0 atom stereocenters. The van der Waals surface area contributed by atoms with Crippen molar-refractivity contribution in [2.45, 2.75) is 6.92 Å². The Balaban J connectivity index is 1.55. The first-order chi connectivity index (χ1) is 11.3. The molecule has 0 radical (unpaired) electrons. The van der Waals surface area contributed by atoms with Gasteiger partial charge in [-0.3, -0.25) is 0 Å². The van der Waals surface area contributed by atoms with Crippen LogP contribution in [0.25, 0.3) is 10.9 Å². The Morgan fingerprint density at radius 1 is 0.826 bits per heavy atom. The molecule has 0 spiro atoms. The van der Waals surface area contributed by atoms with Gasteiger partial charge in [0.1, 0.15) is 24.3 Å². The molecule has 6 nitrogen and oxygen atoms in total. The third-order valence-electron chi connectivity index (χ3n) is 4.21. The molecule has 3 aromatic rings. The summed E-state index contributed by atoms with van der Waals surface area (Å²) in [6.45, 7) is 5.69. The van der Waals surface area contributed by atoms with Crippen LogP contribution >= 0.6 is 0 Å². The zero-order valence-corrected chi connectivity index (χ0v) is 13.1. The quantitative estimate of drug-likeness (QED) is 0.722. The van der Waals surface area contributed by atoms with Crippen LogP contribution in [0.1, 0.15) is 5.69 Å². The summed E-state index contributed by atoms with van der Waals surface area (Å²) in [6.07, 6.45) is 3.28. The molecule has 0 unspecified atom stereocenters. The van der Waals surface area contributed by atoms with E-state index in [1.165, 1.54) is 0 Å². The van der Waals surface area contributed by atoms with Gasteiger partial charge in [0.15, 0.2) is 0 Å². The van der Waals surface area contributed by atoms with Crippen LogP contribution in [0.2, 0.25) is 0 Å². The predicted molar refractivity (Wildman–Crippen MR) is 90.7 cm³/mol. The second-order valence-corrected chi connectivity index (χ2v) is 5.71. The highest BCUT2D eigenvalue weighted by molar-refractivity contribution is 5.89. The number of benzene rings is 1. The standard InChI is InChI=1S/C17H18N6/c1-13-10-16(20-11-18-13)22-6-8-23(9-7-22)17-14-4-2-3-5-15(14)19-12-21-17/h2-5,10-12H,6-9H2,1H3.